The summed E-state index contributed by atoms with van der Waals surface area (Å²) in [4.78, 5) is 1.18. The summed E-state index contributed by atoms with van der Waals surface area (Å²) in [7, 11) is 3.30. The minimum Gasteiger partial charge on any atom is -0.493 e. The summed E-state index contributed by atoms with van der Waals surface area (Å²) in [5.41, 5.74) is 2.33. The second-order valence-corrected chi connectivity index (χ2v) is 5.10. The lowest BCUT2D eigenvalue weighted by Crippen LogP contribution is -2.13. The molecule has 108 valence electrons. The fourth-order valence-electron chi connectivity index (χ4n) is 1.97. The van der Waals surface area contributed by atoms with Crippen molar-refractivity contribution in [3.05, 3.63) is 41.9 Å². The molecular weight excluding hydrogens is 274 g/mol. The quantitative estimate of drug-likeness (QED) is 0.793. The molecular formula is C15H19NO3S. The Balaban J connectivity index is 2.09. The van der Waals surface area contributed by atoms with Crippen molar-refractivity contribution in [1.29, 1.82) is 0 Å². The number of thioether (sulfide) groups is 1. The van der Waals surface area contributed by atoms with Crippen LogP contribution in [-0.2, 0) is 13.1 Å². The first kappa shape index (κ1) is 14.8. The first-order valence-corrected chi connectivity index (χ1v) is 7.51. The van der Waals surface area contributed by atoms with Gasteiger partial charge >= 0.3 is 0 Å². The van der Waals surface area contributed by atoms with Gasteiger partial charge in [0.15, 0.2) is 11.5 Å². The van der Waals surface area contributed by atoms with Gasteiger partial charge in [-0.25, -0.2) is 0 Å². The van der Waals surface area contributed by atoms with Crippen LogP contribution in [0.1, 0.15) is 11.1 Å². The Morgan fingerprint density at radius 3 is 2.50 bits per heavy atom. The van der Waals surface area contributed by atoms with Crippen LogP contribution in [0, 0.1) is 0 Å². The molecule has 0 fully saturated rings. The van der Waals surface area contributed by atoms with Gasteiger partial charge in [-0.15, -0.1) is 11.8 Å². The van der Waals surface area contributed by atoms with Crippen LogP contribution in [0.5, 0.6) is 11.5 Å². The van der Waals surface area contributed by atoms with E-state index in [1.54, 1.807) is 38.5 Å². The fraction of sp³-hybridized carbons (Fsp3) is 0.333. The van der Waals surface area contributed by atoms with Gasteiger partial charge in [0.05, 0.1) is 26.7 Å². The van der Waals surface area contributed by atoms with E-state index in [1.807, 2.05) is 18.2 Å². The second kappa shape index (κ2) is 7.26. The van der Waals surface area contributed by atoms with Gasteiger partial charge in [0.2, 0.25) is 0 Å². The van der Waals surface area contributed by atoms with Crippen molar-refractivity contribution in [2.45, 2.75) is 18.0 Å². The van der Waals surface area contributed by atoms with Crippen LogP contribution in [0.2, 0.25) is 0 Å². The van der Waals surface area contributed by atoms with Gasteiger partial charge in [-0.1, -0.05) is 0 Å². The van der Waals surface area contributed by atoms with Gasteiger partial charge in [-0.2, -0.15) is 0 Å². The van der Waals surface area contributed by atoms with E-state index < -0.39 is 0 Å². The predicted octanol–water partition coefficient (Wildman–Crippen LogP) is 3.31. The summed E-state index contributed by atoms with van der Waals surface area (Å²) in [5, 5.41) is 3.40. The molecule has 0 atom stereocenters. The van der Waals surface area contributed by atoms with Crippen LogP contribution < -0.4 is 14.8 Å². The van der Waals surface area contributed by atoms with Crippen molar-refractivity contribution in [2.75, 3.05) is 20.5 Å². The molecule has 2 aromatic rings. The zero-order chi connectivity index (χ0) is 14.4. The first-order valence-electron chi connectivity index (χ1n) is 6.29. The number of nitrogens with one attached hydrogen (secondary N) is 1. The summed E-state index contributed by atoms with van der Waals surface area (Å²) in [6.45, 7) is 1.54. The molecule has 0 amide bonds. The van der Waals surface area contributed by atoms with Crippen molar-refractivity contribution < 1.29 is 13.9 Å². The Hall–Kier alpha value is -1.59. The van der Waals surface area contributed by atoms with Gasteiger partial charge in [-0.3, -0.25) is 0 Å². The van der Waals surface area contributed by atoms with Gasteiger partial charge < -0.3 is 19.2 Å². The van der Waals surface area contributed by atoms with Gasteiger partial charge in [0.25, 0.3) is 0 Å². The monoisotopic (exact) mass is 293 g/mol. The molecule has 1 N–H and O–H groups in total. The van der Waals surface area contributed by atoms with Crippen molar-refractivity contribution in [3.63, 3.8) is 0 Å². The highest BCUT2D eigenvalue weighted by molar-refractivity contribution is 7.98. The standard InChI is InChI=1S/C15H19NO3S/c1-17-13-6-12(15(20-3)7-14(13)18-2)9-16-8-11-4-5-19-10-11/h4-7,10,16H,8-9H2,1-3H3. The molecule has 0 aliphatic rings. The largest absolute Gasteiger partial charge is 0.493 e. The number of hydrogen-bond acceptors (Lipinski definition) is 5. The molecule has 1 heterocycles. The van der Waals surface area contributed by atoms with E-state index in [4.69, 9.17) is 13.9 Å². The smallest absolute Gasteiger partial charge is 0.161 e. The third-order valence-electron chi connectivity index (χ3n) is 3.01. The molecule has 4 nitrogen and oxygen atoms in total. The summed E-state index contributed by atoms with van der Waals surface area (Å²) < 4.78 is 15.7. The van der Waals surface area contributed by atoms with Crippen molar-refractivity contribution in [3.8, 4) is 11.5 Å². The molecule has 0 aliphatic heterocycles. The summed E-state index contributed by atoms with van der Waals surface area (Å²) >= 11 is 1.70. The van der Waals surface area contributed by atoms with Crippen LogP contribution in [0.15, 0.2) is 40.0 Å². The molecule has 20 heavy (non-hydrogen) atoms. The van der Waals surface area contributed by atoms with E-state index in [9.17, 15) is 0 Å². The van der Waals surface area contributed by atoms with Crippen LogP contribution in [-0.4, -0.2) is 20.5 Å². The molecule has 0 aliphatic carbocycles. The molecule has 0 spiro atoms. The van der Waals surface area contributed by atoms with Gasteiger partial charge in [0.1, 0.15) is 0 Å². The SMILES string of the molecule is COc1cc(CNCc2ccoc2)c(SC)cc1OC. The predicted molar refractivity (Wildman–Crippen MR) is 80.6 cm³/mol. The molecule has 1 aromatic carbocycles. The van der Waals surface area contributed by atoms with E-state index in [0.717, 1.165) is 30.2 Å². The maximum absolute atomic E-state index is 5.35. The number of ether oxygens (including phenoxy) is 2. The normalized spacial score (nSPS) is 10.6. The van der Waals surface area contributed by atoms with Gasteiger partial charge in [-0.05, 0) is 30.0 Å². The molecule has 0 saturated carbocycles. The Morgan fingerprint density at radius 1 is 1.15 bits per heavy atom. The molecule has 0 radical (unpaired) electrons. The van der Waals surface area contributed by atoms with Crippen molar-refractivity contribution in [2.24, 2.45) is 0 Å². The summed E-state index contributed by atoms with van der Waals surface area (Å²) in [6, 6.07) is 5.99. The Kier molecular flexibility index (Phi) is 5.38. The van der Waals surface area contributed by atoms with Crippen molar-refractivity contribution >= 4 is 11.8 Å². The summed E-state index contributed by atoms with van der Waals surface area (Å²) in [6.07, 6.45) is 5.48. The third-order valence-corrected chi connectivity index (χ3v) is 3.83. The highest BCUT2D eigenvalue weighted by Crippen LogP contribution is 2.34. The highest BCUT2D eigenvalue weighted by atomic mass is 32.2. The maximum atomic E-state index is 5.35. The number of furan rings is 1. The molecule has 2 rings (SSSR count). The third kappa shape index (κ3) is 3.49. The van der Waals surface area contributed by atoms with E-state index in [1.165, 1.54) is 10.5 Å². The molecule has 1 aromatic heterocycles. The fourth-order valence-corrected chi connectivity index (χ4v) is 2.58. The van der Waals surface area contributed by atoms with Crippen LogP contribution in [0.3, 0.4) is 0 Å². The minimum atomic E-state index is 0.755. The van der Waals surface area contributed by atoms with Gasteiger partial charge in [0, 0.05) is 23.5 Å². The number of methoxy groups -OCH3 is 2. The van der Waals surface area contributed by atoms with Crippen LogP contribution in [0.4, 0.5) is 0 Å². The Labute approximate surface area is 123 Å². The lowest BCUT2D eigenvalue weighted by molar-refractivity contribution is 0.353. The lowest BCUT2D eigenvalue weighted by Gasteiger charge is -2.14. The Morgan fingerprint density at radius 2 is 1.90 bits per heavy atom. The average molecular weight is 293 g/mol. The van der Waals surface area contributed by atoms with Crippen LogP contribution in [0.25, 0.3) is 0 Å². The second-order valence-electron chi connectivity index (χ2n) is 4.25. The minimum absolute atomic E-state index is 0.755. The lowest BCUT2D eigenvalue weighted by atomic mass is 10.2. The number of hydrogen-bond donors (Lipinski definition) is 1. The first-order chi connectivity index (χ1) is 9.78. The van der Waals surface area contributed by atoms with E-state index >= 15 is 0 Å². The summed E-state index contributed by atoms with van der Waals surface area (Å²) in [5.74, 6) is 1.51. The van der Waals surface area contributed by atoms with E-state index in [2.05, 4.69) is 11.6 Å². The number of benzene rings is 1. The van der Waals surface area contributed by atoms with E-state index in [-0.39, 0.29) is 0 Å². The van der Waals surface area contributed by atoms with E-state index in [0.29, 0.717) is 0 Å². The molecule has 0 bridgehead atoms. The number of rotatable bonds is 7. The maximum Gasteiger partial charge on any atom is 0.161 e. The zero-order valence-corrected chi connectivity index (χ0v) is 12.8. The van der Waals surface area contributed by atoms with Crippen molar-refractivity contribution in [1.82, 2.24) is 5.32 Å². The molecule has 0 unspecified atom stereocenters. The van der Waals surface area contributed by atoms with Crippen LogP contribution >= 0.6 is 11.8 Å². The average Bonchev–Trinajstić information content (AvgIpc) is 2.99. The molecule has 0 saturated heterocycles. The Bertz CT molecular complexity index is 540. The molecule has 5 heteroatoms. The topological polar surface area (TPSA) is 43.6 Å². The highest BCUT2D eigenvalue weighted by Gasteiger charge is 2.10. The zero-order valence-electron chi connectivity index (χ0n) is 11.9.